The Morgan fingerprint density at radius 2 is 1.81 bits per heavy atom. The van der Waals surface area contributed by atoms with E-state index in [1.807, 2.05) is 0 Å². The Morgan fingerprint density at radius 1 is 1.25 bits per heavy atom. The Bertz CT molecular complexity index is 280. The molecule has 0 aromatic rings. The standard InChI is InChI=1S/C13H23NO2/c1-8-5-9(2)7-13(6-8)10(12(15)16)3-4-11(13)14/h8-11H,3-7,14H2,1-2H3,(H,15,16). The smallest absolute Gasteiger partial charge is 0.307 e. The van der Waals surface area contributed by atoms with E-state index >= 15 is 0 Å². The van der Waals surface area contributed by atoms with Crippen molar-refractivity contribution >= 4 is 5.97 Å². The van der Waals surface area contributed by atoms with Gasteiger partial charge in [-0.3, -0.25) is 4.79 Å². The van der Waals surface area contributed by atoms with Crippen LogP contribution in [0.5, 0.6) is 0 Å². The lowest BCUT2D eigenvalue weighted by Gasteiger charge is -2.45. The zero-order valence-corrected chi connectivity index (χ0v) is 10.3. The number of carboxylic acids is 1. The molecule has 2 aliphatic carbocycles. The molecule has 3 N–H and O–H groups in total. The molecule has 0 radical (unpaired) electrons. The summed E-state index contributed by atoms with van der Waals surface area (Å²) in [6.07, 6.45) is 4.90. The first-order valence-corrected chi connectivity index (χ1v) is 6.44. The molecular weight excluding hydrogens is 202 g/mol. The van der Waals surface area contributed by atoms with Crippen LogP contribution in [-0.2, 0) is 4.79 Å². The molecule has 0 aliphatic heterocycles. The van der Waals surface area contributed by atoms with E-state index in [0.29, 0.717) is 11.8 Å². The normalized spacial score (nSPS) is 48.4. The van der Waals surface area contributed by atoms with Crippen LogP contribution in [-0.4, -0.2) is 17.1 Å². The fourth-order valence-corrected chi connectivity index (χ4v) is 4.37. The third-order valence-corrected chi connectivity index (χ3v) is 4.76. The molecule has 0 bridgehead atoms. The molecule has 0 aromatic carbocycles. The second-order valence-corrected chi connectivity index (χ2v) is 6.16. The predicted molar refractivity (Wildman–Crippen MR) is 62.9 cm³/mol. The average molecular weight is 225 g/mol. The third-order valence-electron chi connectivity index (χ3n) is 4.76. The molecule has 16 heavy (non-hydrogen) atoms. The van der Waals surface area contributed by atoms with Gasteiger partial charge in [-0.15, -0.1) is 0 Å². The summed E-state index contributed by atoms with van der Waals surface area (Å²) in [5, 5.41) is 9.37. The van der Waals surface area contributed by atoms with Crippen molar-refractivity contribution in [1.82, 2.24) is 0 Å². The van der Waals surface area contributed by atoms with Gasteiger partial charge in [-0.05, 0) is 49.4 Å². The second-order valence-electron chi connectivity index (χ2n) is 6.16. The topological polar surface area (TPSA) is 63.3 Å². The van der Waals surface area contributed by atoms with Crippen LogP contribution in [0.15, 0.2) is 0 Å². The maximum Gasteiger partial charge on any atom is 0.307 e. The van der Waals surface area contributed by atoms with E-state index in [0.717, 1.165) is 25.7 Å². The maximum absolute atomic E-state index is 11.4. The van der Waals surface area contributed by atoms with Gasteiger partial charge >= 0.3 is 5.97 Å². The summed E-state index contributed by atoms with van der Waals surface area (Å²) >= 11 is 0. The molecule has 2 saturated carbocycles. The Kier molecular flexibility index (Phi) is 2.99. The van der Waals surface area contributed by atoms with Crippen LogP contribution in [0.4, 0.5) is 0 Å². The number of carboxylic acid groups (broad SMARTS) is 1. The Hall–Kier alpha value is -0.570. The monoisotopic (exact) mass is 225 g/mol. The van der Waals surface area contributed by atoms with Gasteiger partial charge in [0, 0.05) is 6.04 Å². The lowest BCUT2D eigenvalue weighted by Crippen LogP contribution is -2.48. The summed E-state index contributed by atoms with van der Waals surface area (Å²) in [5.41, 5.74) is 6.13. The zero-order valence-electron chi connectivity index (χ0n) is 10.3. The Labute approximate surface area is 97.4 Å². The lowest BCUT2D eigenvalue weighted by molar-refractivity contribution is -0.147. The summed E-state index contributed by atoms with van der Waals surface area (Å²) in [5.74, 6) is 0.409. The summed E-state index contributed by atoms with van der Waals surface area (Å²) in [6, 6.07) is 0.0961. The Morgan fingerprint density at radius 3 is 2.31 bits per heavy atom. The molecule has 92 valence electrons. The van der Waals surface area contributed by atoms with Crippen LogP contribution in [0.2, 0.25) is 0 Å². The summed E-state index contributed by atoms with van der Waals surface area (Å²) in [4.78, 5) is 11.4. The average Bonchev–Trinajstić information content (AvgIpc) is 2.42. The molecule has 3 nitrogen and oxygen atoms in total. The minimum absolute atomic E-state index is 0.0961. The fourth-order valence-electron chi connectivity index (χ4n) is 4.37. The van der Waals surface area contributed by atoms with E-state index < -0.39 is 5.97 Å². The summed E-state index contributed by atoms with van der Waals surface area (Å²) in [6.45, 7) is 4.47. The maximum atomic E-state index is 11.4. The molecule has 3 heteroatoms. The number of rotatable bonds is 1. The van der Waals surface area contributed by atoms with Crippen molar-refractivity contribution in [1.29, 1.82) is 0 Å². The second kappa shape index (κ2) is 4.02. The van der Waals surface area contributed by atoms with Crippen molar-refractivity contribution < 1.29 is 9.90 Å². The van der Waals surface area contributed by atoms with Gasteiger partial charge in [0.05, 0.1) is 5.92 Å². The van der Waals surface area contributed by atoms with E-state index in [9.17, 15) is 9.90 Å². The third kappa shape index (κ3) is 1.75. The van der Waals surface area contributed by atoms with Crippen molar-refractivity contribution in [3.63, 3.8) is 0 Å². The van der Waals surface area contributed by atoms with Crippen molar-refractivity contribution in [2.75, 3.05) is 0 Å². The van der Waals surface area contributed by atoms with Gasteiger partial charge in [-0.1, -0.05) is 13.8 Å². The fraction of sp³-hybridized carbons (Fsp3) is 0.923. The first-order valence-electron chi connectivity index (χ1n) is 6.44. The highest BCUT2D eigenvalue weighted by molar-refractivity contribution is 5.72. The highest BCUT2D eigenvalue weighted by atomic mass is 16.4. The van der Waals surface area contributed by atoms with Gasteiger partial charge < -0.3 is 10.8 Å². The first kappa shape index (κ1) is 11.9. The molecule has 0 saturated heterocycles. The van der Waals surface area contributed by atoms with Gasteiger partial charge in [0.25, 0.3) is 0 Å². The van der Waals surface area contributed by atoms with Crippen LogP contribution in [0.1, 0.15) is 46.0 Å². The van der Waals surface area contributed by atoms with Gasteiger partial charge in [0.2, 0.25) is 0 Å². The van der Waals surface area contributed by atoms with Crippen LogP contribution >= 0.6 is 0 Å². The molecule has 0 aromatic heterocycles. The van der Waals surface area contributed by atoms with Crippen molar-refractivity contribution in [2.24, 2.45) is 28.9 Å². The van der Waals surface area contributed by atoms with Gasteiger partial charge in [-0.2, -0.15) is 0 Å². The molecule has 0 amide bonds. The van der Waals surface area contributed by atoms with Gasteiger partial charge in [-0.25, -0.2) is 0 Å². The van der Waals surface area contributed by atoms with E-state index in [-0.39, 0.29) is 17.4 Å². The molecule has 4 atom stereocenters. The van der Waals surface area contributed by atoms with Crippen LogP contribution in [0.3, 0.4) is 0 Å². The highest BCUT2D eigenvalue weighted by Gasteiger charge is 2.54. The minimum atomic E-state index is -0.630. The van der Waals surface area contributed by atoms with Crippen molar-refractivity contribution in [3.8, 4) is 0 Å². The molecule has 2 aliphatic rings. The molecule has 2 rings (SSSR count). The van der Waals surface area contributed by atoms with E-state index in [4.69, 9.17) is 5.73 Å². The first-order chi connectivity index (χ1) is 7.45. The minimum Gasteiger partial charge on any atom is -0.481 e. The van der Waals surface area contributed by atoms with Crippen LogP contribution < -0.4 is 5.73 Å². The number of carbonyl (C=O) groups is 1. The molecule has 4 unspecified atom stereocenters. The largest absolute Gasteiger partial charge is 0.481 e. The number of hydrogen-bond acceptors (Lipinski definition) is 2. The summed E-state index contributed by atoms with van der Waals surface area (Å²) < 4.78 is 0. The molecule has 2 fully saturated rings. The van der Waals surface area contributed by atoms with Crippen molar-refractivity contribution in [3.05, 3.63) is 0 Å². The number of nitrogens with two attached hydrogens (primary N) is 1. The zero-order chi connectivity index (χ0) is 11.9. The molecule has 1 spiro atoms. The van der Waals surface area contributed by atoms with Crippen LogP contribution in [0, 0.1) is 23.2 Å². The highest BCUT2D eigenvalue weighted by Crippen LogP contribution is 2.55. The number of aliphatic carboxylic acids is 1. The van der Waals surface area contributed by atoms with E-state index in [1.54, 1.807) is 0 Å². The summed E-state index contributed by atoms with van der Waals surface area (Å²) in [7, 11) is 0. The Balaban J connectivity index is 2.28. The quantitative estimate of drug-likeness (QED) is 0.719. The van der Waals surface area contributed by atoms with Gasteiger partial charge in [0.15, 0.2) is 0 Å². The van der Waals surface area contributed by atoms with Gasteiger partial charge in [0.1, 0.15) is 0 Å². The van der Waals surface area contributed by atoms with E-state index in [1.165, 1.54) is 6.42 Å². The molecular formula is C13H23NO2. The van der Waals surface area contributed by atoms with E-state index in [2.05, 4.69) is 13.8 Å². The lowest BCUT2D eigenvalue weighted by atomic mass is 9.60. The van der Waals surface area contributed by atoms with Crippen LogP contribution in [0.25, 0.3) is 0 Å². The molecule has 0 heterocycles. The number of hydrogen-bond donors (Lipinski definition) is 2. The van der Waals surface area contributed by atoms with Crippen molar-refractivity contribution in [2.45, 2.75) is 52.0 Å². The predicted octanol–water partition coefficient (Wildman–Crippen LogP) is 2.25. The SMILES string of the molecule is CC1CC(C)CC2(C1)C(N)CCC2C(=O)O.